The summed E-state index contributed by atoms with van der Waals surface area (Å²) in [5.41, 5.74) is 3.28. The van der Waals surface area contributed by atoms with Crippen LogP contribution in [0, 0.1) is 13.8 Å². The van der Waals surface area contributed by atoms with E-state index in [4.69, 9.17) is 4.74 Å². The predicted octanol–water partition coefficient (Wildman–Crippen LogP) is 2.39. The SMILES string of the molecule is Cc1ccc(C(NC(=O)N2CCNCC2)Oc2cccnc2)cc1C. The first-order chi connectivity index (χ1) is 12.1. The summed E-state index contributed by atoms with van der Waals surface area (Å²) in [5.74, 6) is 0.617. The summed E-state index contributed by atoms with van der Waals surface area (Å²) in [6.07, 6.45) is 2.77. The Morgan fingerprint density at radius 3 is 2.72 bits per heavy atom. The summed E-state index contributed by atoms with van der Waals surface area (Å²) in [6, 6.07) is 9.61. The van der Waals surface area contributed by atoms with Gasteiger partial charge in [0, 0.05) is 37.9 Å². The van der Waals surface area contributed by atoms with Crippen LogP contribution in [-0.2, 0) is 0 Å². The molecule has 2 heterocycles. The van der Waals surface area contributed by atoms with E-state index in [0.29, 0.717) is 18.8 Å². The summed E-state index contributed by atoms with van der Waals surface area (Å²) < 4.78 is 6.02. The van der Waals surface area contributed by atoms with Gasteiger partial charge in [-0.1, -0.05) is 18.2 Å². The Labute approximate surface area is 148 Å². The fraction of sp³-hybridized carbons (Fsp3) is 0.368. The van der Waals surface area contributed by atoms with Gasteiger partial charge in [0.2, 0.25) is 0 Å². The second kappa shape index (κ2) is 7.98. The standard InChI is InChI=1S/C19H24N4O2/c1-14-5-6-16(12-15(14)2)18(25-17-4-3-7-21-13-17)22-19(24)23-10-8-20-9-11-23/h3-7,12-13,18,20H,8-11H2,1-2H3,(H,22,24). The number of aryl methyl sites for hydroxylation is 2. The molecule has 1 unspecified atom stereocenters. The van der Waals surface area contributed by atoms with Crippen LogP contribution in [-0.4, -0.2) is 42.1 Å². The molecule has 1 aromatic heterocycles. The molecular weight excluding hydrogens is 316 g/mol. The van der Waals surface area contributed by atoms with Crippen LogP contribution in [0.5, 0.6) is 5.75 Å². The number of ether oxygens (including phenoxy) is 1. The average molecular weight is 340 g/mol. The van der Waals surface area contributed by atoms with Crippen molar-refractivity contribution >= 4 is 6.03 Å². The zero-order chi connectivity index (χ0) is 17.6. The van der Waals surface area contributed by atoms with Gasteiger partial charge in [0.1, 0.15) is 5.75 Å². The molecule has 1 aromatic carbocycles. The number of pyridine rings is 1. The number of carbonyl (C=O) groups excluding carboxylic acids is 1. The molecule has 0 saturated carbocycles. The number of piperazine rings is 1. The summed E-state index contributed by atoms with van der Waals surface area (Å²) >= 11 is 0. The summed E-state index contributed by atoms with van der Waals surface area (Å²) in [7, 11) is 0. The van der Waals surface area contributed by atoms with Crippen molar-refractivity contribution in [2.24, 2.45) is 0 Å². The summed E-state index contributed by atoms with van der Waals surface area (Å²) in [5, 5.41) is 6.25. The first-order valence-electron chi connectivity index (χ1n) is 8.53. The van der Waals surface area contributed by atoms with E-state index in [2.05, 4.69) is 35.5 Å². The number of nitrogens with zero attached hydrogens (tertiary/aromatic N) is 2. The molecule has 1 atom stereocenters. The second-order valence-corrected chi connectivity index (χ2v) is 6.22. The van der Waals surface area contributed by atoms with Crippen LogP contribution >= 0.6 is 0 Å². The van der Waals surface area contributed by atoms with Gasteiger partial charge in [0.05, 0.1) is 6.20 Å². The normalized spacial score (nSPS) is 15.5. The fourth-order valence-electron chi connectivity index (χ4n) is 2.73. The third-order valence-corrected chi connectivity index (χ3v) is 4.38. The van der Waals surface area contributed by atoms with Crippen LogP contribution in [0.2, 0.25) is 0 Å². The lowest BCUT2D eigenvalue weighted by atomic mass is 10.1. The zero-order valence-corrected chi connectivity index (χ0v) is 14.7. The van der Waals surface area contributed by atoms with Gasteiger partial charge in [-0.05, 0) is 37.1 Å². The highest BCUT2D eigenvalue weighted by Gasteiger charge is 2.22. The lowest BCUT2D eigenvalue weighted by Gasteiger charge is -2.30. The van der Waals surface area contributed by atoms with E-state index in [-0.39, 0.29) is 6.03 Å². The molecule has 2 aromatic rings. The van der Waals surface area contributed by atoms with Crippen molar-refractivity contribution in [3.05, 3.63) is 59.4 Å². The van der Waals surface area contributed by atoms with Crippen molar-refractivity contribution in [1.82, 2.24) is 20.5 Å². The molecule has 132 valence electrons. The largest absolute Gasteiger partial charge is 0.465 e. The number of amides is 2. The van der Waals surface area contributed by atoms with Gasteiger partial charge < -0.3 is 15.0 Å². The minimum Gasteiger partial charge on any atom is -0.465 e. The van der Waals surface area contributed by atoms with Gasteiger partial charge in [0.15, 0.2) is 6.23 Å². The van der Waals surface area contributed by atoms with Gasteiger partial charge in [-0.15, -0.1) is 0 Å². The zero-order valence-electron chi connectivity index (χ0n) is 14.7. The quantitative estimate of drug-likeness (QED) is 0.839. The number of benzene rings is 1. The van der Waals surface area contributed by atoms with Gasteiger partial charge in [-0.3, -0.25) is 10.3 Å². The third kappa shape index (κ3) is 4.48. The van der Waals surface area contributed by atoms with E-state index in [1.165, 1.54) is 5.56 Å². The number of carbonyl (C=O) groups is 1. The molecule has 2 N–H and O–H groups in total. The van der Waals surface area contributed by atoms with E-state index in [9.17, 15) is 4.79 Å². The lowest BCUT2D eigenvalue weighted by Crippen LogP contribution is -2.51. The van der Waals surface area contributed by atoms with E-state index < -0.39 is 6.23 Å². The molecule has 0 radical (unpaired) electrons. The Kier molecular flexibility index (Phi) is 5.50. The van der Waals surface area contributed by atoms with Crippen molar-refractivity contribution in [1.29, 1.82) is 0 Å². The molecule has 0 aliphatic carbocycles. The maximum absolute atomic E-state index is 12.6. The highest BCUT2D eigenvalue weighted by Crippen LogP contribution is 2.21. The van der Waals surface area contributed by atoms with Gasteiger partial charge in [0.25, 0.3) is 0 Å². The number of hydrogen-bond donors (Lipinski definition) is 2. The first kappa shape index (κ1) is 17.2. The van der Waals surface area contributed by atoms with Crippen molar-refractivity contribution < 1.29 is 9.53 Å². The van der Waals surface area contributed by atoms with E-state index in [0.717, 1.165) is 24.2 Å². The van der Waals surface area contributed by atoms with Crippen molar-refractivity contribution in [2.75, 3.05) is 26.2 Å². The van der Waals surface area contributed by atoms with Crippen LogP contribution in [0.4, 0.5) is 4.79 Å². The Balaban J connectivity index is 1.80. The predicted molar refractivity (Wildman–Crippen MR) is 96.5 cm³/mol. The number of aromatic nitrogens is 1. The fourth-order valence-corrected chi connectivity index (χ4v) is 2.73. The smallest absolute Gasteiger partial charge is 0.320 e. The molecule has 1 fully saturated rings. The summed E-state index contributed by atoms with van der Waals surface area (Å²) in [6.45, 7) is 7.13. The van der Waals surface area contributed by atoms with E-state index in [1.807, 2.05) is 24.3 Å². The Morgan fingerprint density at radius 2 is 2.04 bits per heavy atom. The van der Waals surface area contributed by atoms with E-state index >= 15 is 0 Å². The second-order valence-electron chi connectivity index (χ2n) is 6.22. The minimum absolute atomic E-state index is 0.117. The highest BCUT2D eigenvalue weighted by atomic mass is 16.5. The Morgan fingerprint density at radius 1 is 1.24 bits per heavy atom. The molecular formula is C19H24N4O2. The van der Waals surface area contributed by atoms with Crippen LogP contribution in [0.25, 0.3) is 0 Å². The molecule has 3 rings (SSSR count). The molecule has 6 nitrogen and oxygen atoms in total. The molecule has 2 amide bonds. The topological polar surface area (TPSA) is 66.5 Å². The maximum atomic E-state index is 12.6. The van der Waals surface area contributed by atoms with Crippen LogP contribution in [0.3, 0.4) is 0 Å². The van der Waals surface area contributed by atoms with Crippen LogP contribution in [0.15, 0.2) is 42.7 Å². The minimum atomic E-state index is -0.564. The van der Waals surface area contributed by atoms with E-state index in [1.54, 1.807) is 17.3 Å². The molecule has 1 aliphatic rings. The average Bonchev–Trinajstić information content (AvgIpc) is 2.65. The number of rotatable bonds is 4. The summed E-state index contributed by atoms with van der Waals surface area (Å²) in [4.78, 5) is 18.5. The van der Waals surface area contributed by atoms with Crippen molar-refractivity contribution in [3.63, 3.8) is 0 Å². The molecule has 25 heavy (non-hydrogen) atoms. The van der Waals surface area contributed by atoms with Gasteiger partial charge >= 0.3 is 6.03 Å². The molecule has 1 aliphatic heterocycles. The highest BCUT2D eigenvalue weighted by molar-refractivity contribution is 5.74. The number of urea groups is 1. The number of nitrogens with one attached hydrogen (secondary N) is 2. The maximum Gasteiger partial charge on any atom is 0.320 e. The van der Waals surface area contributed by atoms with Gasteiger partial charge in [-0.2, -0.15) is 0 Å². The number of hydrogen-bond acceptors (Lipinski definition) is 4. The third-order valence-electron chi connectivity index (χ3n) is 4.38. The lowest BCUT2D eigenvalue weighted by molar-refractivity contribution is 0.139. The first-order valence-corrected chi connectivity index (χ1v) is 8.53. The molecule has 1 saturated heterocycles. The molecule has 0 bridgehead atoms. The van der Waals surface area contributed by atoms with Crippen LogP contribution < -0.4 is 15.4 Å². The van der Waals surface area contributed by atoms with Crippen molar-refractivity contribution in [2.45, 2.75) is 20.1 Å². The van der Waals surface area contributed by atoms with Gasteiger partial charge in [-0.25, -0.2) is 4.79 Å². The van der Waals surface area contributed by atoms with Crippen LogP contribution in [0.1, 0.15) is 22.9 Å². The molecule has 0 spiro atoms. The Hall–Kier alpha value is -2.60. The molecule has 6 heteroatoms. The monoisotopic (exact) mass is 340 g/mol. The Bertz CT molecular complexity index is 715. The van der Waals surface area contributed by atoms with Crippen molar-refractivity contribution in [3.8, 4) is 5.75 Å².